The number of anilines is 2. The Morgan fingerprint density at radius 3 is 2.54 bits per heavy atom. The van der Waals surface area contributed by atoms with Crippen molar-refractivity contribution in [1.82, 2.24) is 4.98 Å². The molecule has 1 amide bonds. The minimum absolute atomic E-state index is 0.176. The molecule has 0 aliphatic heterocycles. The molecule has 6 heteroatoms. The van der Waals surface area contributed by atoms with Crippen molar-refractivity contribution < 1.29 is 9.18 Å². The van der Waals surface area contributed by atoms with Crippen molar-refractivity contribution in [2.24, 2.45) is 5.73 Å². The van der Waals surface area contributed by atoms with Crippen LogP contribution in [0.25, 0.3) is 22.2 Å². The van der Waals surface area contributed by atoms with E-state index in [2.05, 4.69) is 10.3 Å². The van der Waals surface area contributed by atoms with Gasteiger partial charge in [-0.25, -0.2) is 4.39 Å². The third-order valence-electron chi connectivity index (χ3n) is 4.64. The number of primary amides is 1. The topological polar surface area (TPSA) is 70.9 Å². The molecule has 0 spiro atoms. The van der Waals surface area contributed by atoms with Crippen LogP contribution >= 0.6 is 11.6 Å². The molecule has 3 aromatic carbocycles. The molecule has 0 saturated heterocycles. The zero-order valence-electron chi connectivity index (χ0n) is 15.0. The number of hydrogen-bond donors (Lipinski definition) is 3. The van der Waals surface area contributed by atoms with Gasteiger partial charge in [0.05, 0.1) is 21.8 Å². The van der Waals surface area contributed by atoms with Crippen molar-refractivity contribution in [2.45, 2.75) is 6.92 Å². The molecule has 0 aliphatic rings. The normalized spacial score (nSPS) is 11.0. The van der Waals surface area contributed by atoms with Gasteiger partial charge in [-0.3, -0.25) is 4.79 Å². The summed E-state index contributed by atoms with van der Waals surface area (Å²) < 4.78 is 14.2. The molecule has 4 rings (SSSR count). The summed E-state index contributed by atoms with van der Waals surface area (Å²) >= 11 is 6.14. The lowest BCUT2D eigenvalue weighted by Crippen LogP contribution is -2.11. The highest BCUT2D eigenvalue weighted by atomic mass is 35.5. The zero-order valence-corrected chi connectivity index (χ0v) is 15.8. The molecule has 0 aliphatic carbocycles. The molecule has 4 nitrogen and oxygen atoms in total. The lowest BCUT2D eigenvalue weighted by atomic mass is 10.1. The number of amides is 1. The van der Waals surface area contributed by atoms with Gasteiger partial charge >= 0.3 is 0 Å². The second-order valence-electron chi connectivity index (χ2n) is 6.58. The standard InChI is InChI=1S/C22H17ClFN3O/c1-12-5-7-13(8-6-12)19-11-15-18(10-9-14(22(25)28)20(15)27-19)26-21-16(23)3-2-4-17(21)24/h2-11,26-27H,1H3,(H2,25,28). The van der Waals surface area contributed by atoms with Crippen molar-refractivity contribution in [3.8, 4) is 11.3 Å². The highest BCUT2D eigenvalue weighted by Crippen LogP contribution is 2.35. The predicted molar refractivity (Wildman–Crippen MR) is 112 cm³/mol. The van der Waals surface area contributed by atoms with E-state index in [1.54, 1.807) is 24.3 Å². The maximum Gasteiger partial charge on any atom is 0.250 e. The van der Waals surface area contributed by atoms with Crippen LogP contribution in [0, 0.1) is 12.7 Å². The van der Waals surface area contributed by atoms with Crippen LogP contribution in [0.2, 0.25) is 5.02 Å². The summed E-state index contributed by atoms with van der Waals surface area (Å²) in [6, 6.07) is 17.7. The van der Waals surface area contributed by atoms with E-state index in [4.69, 9.17) is 17.3 Å². The average Bonchev–Trinajstić information content (AvgIpc) is 3.10. The first-order valence-corrected chi connectivity index (χ1v) is 9.05. The maximum atomic E-state index is 14.2. The number of nitrogens with one attached hydrogen (secondary N) is 2. The molecular formula is C22H17ClFN3O. The Kier molecular flexibility index (Phi) is 4.53. The van der Waals surface area contributed by atoms with E-state index in [0.29, 0.717) is 22.2 Å². The molecule has 0 fully saturated rings. The van der Waals surface area contributed by atoms with Gasteiger partial charge in [0.2, 0.25) is 0 Å². The molecule has 0 unspecified atom stereocenters. The van der Waals surface area contributed by atoms with E-state index < -0.39 is 11.7 Å². The number of fused-ring (bicyclic) bond motifs is 1. The number of nitrogens with two attached hydrogens (primary N) is 1. The number of carbonyl (C=O) groups is 1. The summed E-state index contributed by atoms with van der Waals surface area (Å²) in [4.78, 5) is 15.2. The predicted octanol–water partition coefficient (Wildman–Crippen LogP) is 5.78. The van der Waals surface area contributed by atoms with Gasteiger partial charge in [-0.05, 0) is 42.8 Å². The first-order chi connectivity index (χ1) is 13.4. The quantitative estimate of drug-likeness (QED) is 0.411. The number of halogens is 2. The summed E-state index contributed by atoms with van der Waals surface area (Å²) in [6.07, 6.45) is 0. The van der Waals surface area contributed by atoms with Gasteiger partial charge in [-0.2, -0.15) is 0 Å². The Hall–Kier alpha value is -3.31. The van der Waals surface area contributed by atoms with Crippen LogP contribution in [0.3, 0.4) is 0 Å². The van der Waals surface area contributed by atoms with Gasteiger partial charge in [0, 0.05) is 16.8 Å². The van der Waals surface area contributed by atoms with Gasteiger partial charge in [0.25, 0.3) is 5.91 Å². The van der Waals surface area contributed by atoms with Crippen molar-refractivity contribution in [1.29, 1.82) is 0 Å². The van der Waals surface area contributed by atoms with Gasteiger partial charge in [-0.1, -0.05) is 47.5 Å². The van der Waals surface area contributed by atoms with E-state index in [9.17, 15) is 9.18 Å². The molecule has 4 aromatic rings. The SMILES string of the molecule is Cc1ccc(-c2cc3c(Nc4c(F)cccc4Cl)ccc(C(N)=O)c3[nH]2)cc1. The fourth-order valence-electron chi connectivity index (χ4n) is 3.17. The van der Waals surface area contributed by atoms with Crippen molar-refractivity contribution in [3.63, 3.8) is 0 Å². The van der Waals surface area contributed by atoms with Crippen LogP contribution in [0.5, 0.6) is 0 Å². The lowest BCUT2D eigenvalue weighted by molar-refractivity contribution is 0.100. The van der Waals surface area contributed by atoms with E-state index in [1.807, 2.05) is 37.3 Å². The summed E-state index contributed by atoms with van der Waals surface area (Å²) in [5.41, 5.74) is 10.2. The Balaban J connectivity index is 1.89. The van der Waals surface area contributed by atoms with E-state index >= 15 is 0 Å². The zero-order chi connectivity index (χ0) is 19.8. The Labute approximate surface area is 166 Å². The molecule has 0 radical (unpaired) electrons. The van der Waals surface area contributed by atoms with Crippen LogP contribution < -0.4 is 11.1 Å². The molecule has 28 heavy (non-hydrogen) atoms. The first-order valence-electron chi connectivity index (χ1n) is 8.67. The number of carbonyl (C=O) groups excluding carboxylic acids is 1. The largest absolute Gasteiger partial charge is 0.366 e. The summed E-state index contributed by atoms with van der Waals surface area (Å²) in [5.74, 6) is -1.01. The van der Waals surface area contributed by atoms with Gasteiger partial charge in [0.1, 0.15) is 5.82 Å². The second kappa shape index (κ2) is 7.02. The summed E-state index contributed by atoms with van der Waals surface area (Å²) in [6.45, 7) is 2.01. The number of aryl methyl sites for hydroxylation is 1. The van der Waals surface area contributed by atoms with Crippen LogP contribution in [-0.4, -0.2) is 10.9 Å². The van der Waals surface area contributed by atoms with E-state index in [1.165, 1.54) is 6.07 Å². The monoisotopic (exact) mass is 393 g/mol. The first kappa shape index (κ1) is 18.1. The third-order valence-corrected chi connectivity index (χ3v) is 4.96. The van der Waals surface area contributed by atoms with Crippen LogP contribution in [0.4, 0.5) is 15.8 Å². The van der Waals surface area contributed by atoms with Gasteiger partial charge in [0.15, 0.2) is 0 Å². The number of H-pyrrole nitrogens is 1. The molecule has 0 saturated carbocycles. The second-order valence-corrected chi connectivity index (χ2v) is 6.99. The highest BCUT2D eigenvalue weighted by molar-refractivity contribution is 6.33. The van der Waals surface area contributed by atoms with Crippen molar-refractivity contribution >= 4 is 39.8 Å². The minimum Gasteiger partial charge on any atom is -0.366 e. The lowest BCUT2D eigenvalue weighted by Gasteiger charge is -2.11. The number of rotatable bonds is 4. The molecule has 1 heterocycles. The van der Waals surface area contributed by atoms with Crippen molar-refractivity contribution in [2.75, 3.05) is 5.32 Å². The Morgan fingerprint density at radius 2 is 1.86 bits per heavy atom. The number of benzene rings is 3. The fraction of sp³-hybridized carbons (Fsp3) is 0.0455. The number of aromatic nitrogens is 1. The van der Waals surface area contributed by atoms with Crippen LogP contribution in [0.1, 0.15) is 15.9 Å². The van der Waals surface area contributed by atoms with E-state index in [-0.39, 0.29) is 10.7 Å². The van der Waals surface area contributed by atoms with Gasteiger partial charge in [-0.15, -0.1) is 0 Å². The minimum atomic E-state index is -0.544. The van der Waals surface area contributed by atoms with Crippen molar-refractivity contribution in [3.05, 3.63) is 82.6 Å². The molecule has 140 valence electrons. The number of aromatic amines is 1. The van der Waals surface area contributed by atoms with Crippen LogP contribution in [-0.2, 0) is 0 Å². The fourth-order valence-corrected chi connectivity index (χ4v) is 3.38. The van der Waals surface area contributed by atoms with Crippen LogP contribution in [0.15, 0.2) is 60.7 Å². The smallest absolute Gasteiger partial charge is 0.250 e. The molecule has 4 N–H and O–H groups in total. The molecule has 0 atom stereocenters. The Morgan fingerprint density at radius 1 is 1.11 bits per heavy atom. The summed E-state index contributed by atoms with van der Waals surface area (Å²) in [7, 11) is 0. The average molecular weight is 394 g/mol. The number of para-hydroxylation sites is 1. The Bertz CT molecular complexity index is 1180. The van der Waals surface area contributed by atoms with Gasteiger partial charge < -0.3 is 16.0 Å². The number of hydrogen-bond acceptors (Lipinski definition) is 2. The summed E-state index contributed by atoms with van der Waals surface area (Å²) in [5, 5.41) is 4.02. The highest BCUT2D eigenvalue weighted by Gasteiger charge is 2.16. The maximum absolute atomic E-state index is 14.2. The molecule has 1 aromatic heterocycles. The third kappa shape index (κ3) is 3.21. The molecule has 0 bridgehead atoms. The van der Waals surface area contributed by atoms with E-state index in [0.717, 1.165) is 16.8 Å². The molecular weight excluding hydrogens is 377 g/mol.